The lowest BCUT2D eigenvalue weighted by atomic mass is 10.2. The van der Waals surface area contributed by atoms with Crippen molar-refractivity contribution in [2.45, 2.75) is 31.2 Å². The molecule has 0 spiro atoms. The number of carbonyl (C=O) groups is 1. The summed E-state index contributed by atoms with van der Waals surface area (Å²) in [5.41, 5.74) is 1.63. The van der Waals surface area contributed by atoms with Crippen molar-refractivity contribution in [2.24, 2.45) is 0 Å². The third-order valence-electron chi connectivity index (χ3n) is 4.34. The van der Waals surface area contributed by atoms with Gasteiger partial charge in [0.2, 0.25) is 15.9 Å². The van der Waals surface area contributed by atoms with E-state index in [1.165, 1.54) is 23.1 Å². The van der Waals surface area contributed by atoms with E-state index in [1.807, 2.05) is 0 Å². The van der Waals surface area contributed by atoms with Crippen LogP contribution in [0.15, 0.2) is 47.4 Å². The number of halogens is 1. The zero-order chi connectivity index (χ0) is 18.2. The first-order chi connectivity index (χ1) is 11.8. The number of carbonyl (C=O) groups excluding carboxylic acids is 1. The second kappa shape index (κ2) is 6.57. The van der Waals surface area contributed by atoms with Crippen LogP contribution in [0.3, 0.4) is 0 Å². The van der Waals surface area contributed by atoms with Crippen LogP contribution < -0.4 is 9.62 Å². The van der Waals surface area contributed by atoms with Gasteiger partial charge in [-0.25, -0.2) is 12.8 Å². The van der Waals surface area contributed by atoms with E-state index in [0.29, 0.717) is 29.8 Å². The summed E-state index contributed by atoms with van der Waals surface area (Å²) in [5.74, 6) is -0.671. The second-order valence-electron chi connectivity index (χ2n) is 6.15. The molecule has 1 N–H and O–H groups in total. The molecule has 1 amide bonds. The molecule has 132 valence electrons. The monoisotopic (exact) mass is 362 g/mol. The third-order valence-corrected chi connectivity index (χ3v) is 5.97. The predicted molar refractivity (Wildman–Crippen MR) is 93.4 cm³/mol. The highest BCUT2D eigenvalue weighted by atomic mass is 32.2. The molecule has 5 nitrogen and oxygen atoms in total. The minimum absolute atomic E-state index is 0.166. The van der Waals surface area contributed by atoms with Crippen LogP contribution in [0.2, 0.25) is 0 Å². The molecule has 1 heterocycles. The molecule has 1 aliphatic heterocycles. The molecule has 2 aromatic carbocycles. The van der Waals surface area contributed by atoms with Crippen LogP contribution in [-0.4, -0.2) is 26.9 Å². The van der Waals surface area contributed by atoms with Crippen molar-refractivity contribution in [3.8, 4) is 0 Å². The number of nitrogens with zero attached hydrogens (tertiary/aromatic N) is 1. The van der Waals surface area contributed by atoms with E-state index >= 15 is 0 Å². The molecule has 2 aromatic rings. The van der Waals surface area contributed by atoms with Crippen molar-refractivity contribution in [3.05, 3.63) is 59.4 Å². The lowest BCUT2D eigenvalue weighted by Gasteiger charge is -2.18. The highest BCUT2D eigenvalue weighted by Gasteiger charge is 2.36. The number of benzene rings is 2. The normalized spacial score (nSPS) is 18.0. The SMILES string of the molecule is Cc1cc(N2CC[C@H](NS(=O)(=O)c3ccccc3C)C2=O)ccc1F. The number of anilines is 1. The van der Waals surface area contributed by atoms with Gasteiger partial charge < -0.3 is 4.90 Å². The van der Waals surface area contributed by atoms with Crippen molar-refractivity contribution < 1.29 is 17.6 Å². The number of sulfonamides is 1. The van der Waals surface area contributed by atoms with Crippen LogP contribution in [0, 0.1) is 19.7 Å². The Hall–Kier alpha value is -2.25. The number of rotatable bonds is 4. The Morgan fingerprint density at radius 3 is 2.52 bits per heavy atom. The van der Waals surface area contributed by atoms with Gasteiger partial charge in [-0.15, -0.1) is 0 Å². The molecule has 0 radical (unpaired) electrons. The highest BCUT2D eigenvalue weighted by Crippen LogP contribution is 2.25. The lowest BCUT2D eigenvalue weighted by molar-refractivity contribution is -0.118. The summed E-state index contributed by atoms with van der Waals surface area (Å²) in [6.45, 7) is 3.71. The van der Waals surface area contributed by atoms with Gasteiger partial charge in [0.1, 0.15) is 11.9 Å². The van der Waals surface area contributed by atoms with Crippen LogP contribution >= 0.6 is 0 Å². The fourth-order valence-corrected chi connectivity index (χ4v) is 4.42. The molecule has 0 aromatic heterocycles. The summed E-state index contributed by atoms with van der Waals surface area (Å²) in [6.07, 6.45) is 0.361. The van der Waals surface area contributed by atoms with Crippen molar-refractivity contribution in [3.63, 3.8) is 0 Å². The second-order valence-corrected chi connectivity index (χ2v) is 7.83. The Morgan fingerprint density at radius 1 is 1.12 bits per heavy atom. The smallest absolute Gasteiger partial charge is 0.245 e. The number of nitrogens with one attached hydrogen (secondary N) is 1. The van der Waals surface area contributed by atoms with Gasteiger partial charge in [-0.1, -0.05) is 18.2 Å². The van der Waals surface area contributed by atoms with Crippen molar-refractivity contribution in [1.29, 1.82) is 0 Å². The fourth-order valence-electron chi connectivity index (χ4n) is 2.95. The van der Waals surface area contributed by atoms with E-state index in [-0.39, 0.29) is 16.6 Å². The Balaban J connectivity index is 1.80. The van der Waals surface area contributed by atoms with Crippen molar-refractivity contribution in [2.75, 3.05) is 11.4 Å². The maximum Gasteiger partial charge on any atom is 0.245 e. The largest absolute Gasteiger partial charge is 0.311 e. The topological polar surface area (TPSA) is 66.5 Å². The highest BCUT2D eigenvalue weighted by molar-refractivity contribution is 7.89. The van der Waals surface area contributed by atoms with E-state index in [9.17, 15) is 17.6 Å². The van der Waals surface area contributed by atoms with E-state index in [4.69, 9.17) is 0 Å². The van der Waals surface area contributed by atoms with E-state index in [0.717, 1.165) is 0 Å². The standard InChI is InChI=1S/C18H19FN2O3S/c1-12-5-3-4-6-17(12)25(23,24)20-16-9-10-21(18(16)22)14-7-8-15(19)13(2)11-14/h3-8,11,16,20H,9-10H2,1-2H3/t16-/m0/s1. The predicted octanol–water partition coefficient (Wildman–Crippen LogP) is 2.53. The molecule has 1 aliphatic rings. The third kappa shape index (κ3) is 3.43. The summed E-state index contributed by atoms with van der Waals surface area (Å²) < 4.78 is 41.0. The van der Waals surface area contributed by atoms with E-state index < -0.39 is 16.1 Å². The van der Waals surface area contributed by atoms with Gasteiger partial charge in [0.05, 0.1) is 4.90 Å². The van der Waals surface area contributed by atoms with Gasteiger partial charge in [-0.3, -0.25) is 4.79 Å². The number of amides is 1. The summed E-state index contributed by atoms with van der Waals surface area (Å²) in [7, 11) is -3.79. The van der Waals surface area contributed by atoms with Crippen molar-refractivity contribution >= 4 is 21.6 Å². The molecule has 1 saturated heterocycles. The van der Waals surface area contributed by atoms with Gasteiger partial charge in [-0.2, -0.15) is 4.72 Å². The zero-order valence-electron chi connectivity index (χ0n) is 14.0. The molecule has 0 unspecified atom stereocenters. The first-order valence-corrected chi connectivity index (χ1v) is 9.43. The Bertz CT molecular complexity index is 928. The minimum Gasteiger partial charge on any atom is -0.311 e. The molecule has 0 saturated carbocycles. The first-order valence-electron chi connectivity index (χ1n) is 7.95. The number of aryl methyl sites for hydroxylation is 2. The molecule has 7 heteroatoms. The van der Waals surface area contributed by atoms with Gasteiger partial charge in [0.15, 0.2) is 0 Å². The summed E-state index contributed by atoms with van der Waals surface area (Å²) in [5, 5.41) is 0. The number of hydrogen-bond acceptors (Lipinski definition) is 3. The van der Waals surface area contributed by atoms with Crippen LogP contribution in [0.5, 0.6) is 0 Å². The maximum atomic E-state index is 13.4. The first kappa shape index (κ1) is 17.6. The molecule has 25 heavy (non-hydrogen) atoms. The Labute approximate surface area is 146 Å². The van der Waals surface area contributed by atoms with Gasteiger partial charge >= 0.3 is 0 Å². The van der Waals surface area contributed by atoms with Crippen LogP contribution in [0.25, 0.3) is 0 Å². The molecular weight excluding hydrogens is 343 g/mol. The zero-order valence-corrected chi connectivity index (χ0v) is 14.8. The van der Waals surface area contributed by atoms with E-state index in [1.54, 1.807) is 38.1 Å². The summed E-state index contributed by atoms with van der Waals surface area (Å²) in [6, 6.07) is 10.2. The van der Waals surface area contributed by atoms with Crippen LogP contribution in [0.1, 0.15) is 17.5 Å². The summed E-state index contributed by atoms with van der Waals surface area (Å²) >= 11 is 0. The maximum absolute atomic E-state index is 13.4. The Morgan fingerprint density at radius 2 is 1.84 bits per heavy atom. The fraction of sp³-hybridized carbons (Fsp3) is 0.278. The van der Waals surface area contributed by atoms with Gasteiger partial charge in [-0.05, 0) is 55.7 Å². The van der Waals surface area contributed by atoms with Gasteiger partial charge in [0.25, 0.3) is 0 Å². The molecule has 0 bridgehead atoms. The molecule has 3 rings (SSSR count). The average molecular weight is 362 g/mol. The number of hydrogen-bond donors (Lipinski definition) is 1. The molecule has 1 fully saturated rings. The summed E-state index contributed by atoms with van der Waals surface area (Å²) in [4.78, 5) is 14.3. The lowest BCUT2D eigenvalue weighted by Crippen LogP contribution is -2.41. The molecule has 1 atom stereocenters. The van der Waals surface area contributed by atoms with Crippen LogP contribution in [-0.2, 0) is 14.8 Å². The molecule has 0 aliphatic carbocycles. The van der Waals surface area contributed by atoms with Crippen molar-refractivity contribution in [1.82, 2.24) is 4.72 Å². The quantitative estimate of drug-likeness (QED) is 0.909. The average Bonchev–Trinajstić information content (AvgIpc) is 2.91. The van der Waals surface area contributed by atoms with E-state index in [2.05, 4.69) is 4.72 Å². The van der Waals surface area contributed by atoms with Gasteiger partial charge in [0, 0.05) is 12.2 Å². The van der Waals surface area contributed by atoms with Crippen LogP contribution in [0.4, 0.5) is 10.1 Å². The Kier molecular flexibility index (Phi) is 4.62. The molecular formula is C18H19FN2O3S. The minimum atomic E-state index is -3.79.